The topological polar surface area (TPSA) is 93.3 Å². The molecule has 0 saturated heterocycles. The summed E-state index contributed by atoms with van der Waals surface area (Å²) in [6, 6.07) is 5.53. The number of benzene rings is 1. The Bertz CT molecular complexity index is 838. The summed E-state index contributed by atoms with van der Waals surface area (Å²) < 4.78 is 10.7. The van der Waals surface area contributed by atoms with E-state index in [1.807, 2.05) is 26.0 Å². The van der Waals surface area contributed by atoms with Gasteiger partial charge in [-0.25, -0.2) is 4.98 Å². The Morgan fingerprint density at radius 1 is 1.26 bits per heavy atom. The van der Waals surface area contributed by atoms with Gasteiger partial charge in [-0.1, -0.05) is 31.7 Å². The van der Waals surface area contributed by atoms with Crippen molar-refractivity contribution < 1.29 is 14.3 Å². The summed E-state index contributed by atoms with van der Waals surface area (Å²) >= 11 is 1.45. The molecule has 1 unspecified atom stereocenters. The fourth-order valence-corrected chi connectivity index (χ4v) is 3.61. The van der Waals surface area contributed by atoms with E-state index in [0.717, 1.165) is 17.7 Å². The summed E-state index contributed by atoms with van der Waals surface area (Å²) in [6.07, 6.45) is 2.14. The lowest BCUT2D eigenvalue weighted by molar-refractivity contribution is -0.105. The van der Waals surface area contributed by atoms with Crippen molar-refractivity contribution in [3.8, 4) is 11.5 Å². The number of aromatic amines is 1. The molecule has 1 amide bonds. The van der Waals surface area contributed by atoms with Crippen molar-refractivity contribution in [2.24, 2.45) is 0 Å². The Labute approximate surface area is 162 Å². The van der Waals surface area contributed by atoms with E-state index in [4.69, 9.17) is 9.47 Å². The number of hydrogen-bond donors (Lipinski definition) is 2. The van der Waals surface area contributed by atoms with E-state index in [9.17, 15) is 9.59 Å². The predicted molar refractivity (Wildman–Crippen MR) is 107 cm³/mol. The van der Waals surface area contributed by atoms with Crippen molar-refractivity contribution in [2.45, 2.75) is 37.8 Å². The van der Waals surface area contributed by atoms with Crippen LogP contribution in [0.2, 0.25) is 0 Å². The molecule has 0 bridgehead atoms. The van der Waals surface area contributed by atoms with Crippen LogP contribution in [0, 0.1) is 0 Å². The van der Waals surface area contributed by atoms with Crippen LogP contribution in [0.5, 0.6) is 11.5 Å². The Balaban J connectivity index is 2.55. The first-order chi connectivity index (χ1) is 13.1. The second-order valence-corrected chi connectivity index (χ2v) is 6.90. The zero-order chi connectivity index (χ0) is 19.8. The number of nitrogens with one attached hydrogen (secondary N) is 2. The highest BCUT2D eigenvalue weighted by molar-refractivity contribution is 7.99. The molecule has 8 heteroatoms. The van der Waals surface area contributed by atoms with Gasteiger partial charge in [0.05, 0.1) is 19.8 Å². The van der Waals surface area contributed by atoms with Crippen LogP contribution in [-0.4, -0.2) is 36.4 Å². The first kappa shape index (κ1) is 20.8. The van der Waals surface area contributed by atoms with Crippen LogP contribution < -0.4 is 20.3 Å². The number of nitrogens with zero attached hydrogens (tertiary/aromatic N) is 1. The van der Waals surface area contributed by atoms with Gasteiger partial charge in [-0.05, 0) is 30.5 Å². The van der Waals surface area contributed by atoms with Crippen LogP contribution in [0.4, 0.5) is 5.82 Å². The first-order valence-electron chi connectivity index (χ1n) is 8.78. The fraction of sp³-hybridized carbons (Fsp3) is 0.421. The average molecular weight is 391 g/mol. The summed E-state index contributed by atoms with van der Waals surface area (Å²) in [5.41, 5.74) is 1.05. The van der Waals surface area contributed by atoms with Gasteiger partial charge in [0.1, 0.15) is 5.82 Å². The zero-order valence-electron chi connectivity index (χ0n) is 16.0. The van der Waals surface area contributed by atoms with Gasteiger partial charge in [-0.3, -0.25) is 9.59 Å². The predicted octanol–water partition coefficient (Wildman–Crippen LogP) is 3.40. The number of aromatic nitrogens is 2. The maximum absolute atomic E-state index is 12.8. The Morgan fingerprint density at radius 2 is 2.00 bits per heavy atom. The summed E-state index contributed by atoms with van der Waals surface area (Å²) in [5, 5.41) is 3.09. The fourth-order valence-electron chi connectivity index (χ4n) is 2.89. The van der Waals surface area contributed by atoms with E-state index >= 15 is 0 Å². The van der Waals surface area contributed by atoms with Crippen LogP contribution in [-0.2, 0) is 4.79 Å². The van der Waals surface area contributed by atoms with E-state index in [1.54, 1.807) is 20.3 Å². The summed E-state index contributed by atoms with van der Waals surface area (Å²) in [5.74, 6) is 2.05. The monoisotopic (exact) mass is 391 g/mol. The molecule has 1 heterocycles. The maximum Gasteiger partial charge on any atom is 0.257 e. The summed E-state index contributed by atoms with van der Waals surface area (Å²) in [4.78, 5) is 31.2. The number of amides is 1. The van der Waals surface area contributed by atoms with Gasteiger partial charge in [0, 0.05) is 11.7 Å². The van der Waals surface area contributed by atoms with Gasteiger partial charge in [0.2, 0.25) is 6.41 Å². The third-order valence-corrected chi connectivity index (χ3v) is 5.22. The van der Waals surface area contributed by atoms with Crippen LogP contribution in [0.25, 0.3) is 0 Å². The number of hydrogen-bond acceptors (Lipinski definition) is 6. The van der Waals surface area contributed by atoms with Crippen molar-refractivity contribution in [3.05, 3.63) is 39.7 Å². The van der Waals surface area contributed by atoms with Gasteiger partial charge in [0.15, 0.2) is 16.7 Å². The average Bonchev–Trinajstić information content (AvgIpc) is 2.68. The lowest BCUT2D eigenvalue weighted by Crippen LogP contribution is -2.22. The lowest BCUT2D eigenvalue weighted by atomic mass is 9.89. The number of thioether (sulfide) groups is 1. The number of methoxy groups -OCH3 is 2. The van der Waals surface area contributed by atoms with E-state index in [-0.39, 0.29) is 17.3 Å². The smallest absolute Gasteiger partial charge is 0.257 e. The molecule has 1 aromatic heterocycles. The molecule has 0 spiro atoms. The SMILES string of the molecule is CCCSc1nc(NC=O)c(C(CC)c2ccc(OC)c(OC)c2)c(=O)[nH]1. The maximum atomic E-state index is 12.8. The molecule has 0 fully saturated rings. The molecule has 7 nitrogen and oxygen atoms in total. The highest BCUT2D eigenvalue weighted by atomic mass is 32.2. The number of ether oxygens (including phenoxy) is 2. The standard InChI is InChI=1S/C19H25N3O4S/c1-5-9-27-19-21-17(20-11-23)16(18(24)22-19)13(6-2)12-7-8-14(25-3)15(10-12)26-4/h7-8,10-11,13H,5-6,9H2,1-4H3,(H2,20,21,22,23,24). The van der Waals surface area contributed by atoms with Crippen molar-refractivity contribution in [1.29, 1.82) is 0 Å². The molecule has 0 aliphatic heterocycles. The molecule has 2 N–H and O–H groups in total. The van der Waals surface area contributed by atoms with Gasteiger partial charge >= 0.3 is 0 Å². The van der Waals surface area contributed by atoms with E-state index in [0.29, 0.717) is 35.0 Å². The highest BCUT2D eigenvalue weighted by Crippen LogP contribution is 2.35. The molecule has 0 saturated carbocycles. The molecule has 1 aromatic carbocycles. The van der Waals surface area contributed by atoms with Gasteiger partial charge < -0.3 is 19.8 Å². The van der Waals surface area contributed by atoms with Crippen molar-refractivity contribution in [2.75, 3.05) is 25.3 Å². The molecule has 146 valence electrons. The lowest BCUT2D eigenvalue weighted by Gasteiger charge is -2.19. The van der Waals surface area contributed by atoms with E-state index < -0.39 is 0 Å². The van der Waals surface area contributed by atoms with Crippen molar-refractivity contribution >= 4 is 24.0 Å². The number of carbonyl (C=O) groups excluding carboxylic acids is 1. The molecule has 0 aliphatic rings. The minimum atomic E-state index is -0.256. The number of carbonyl (C=O) groups is 1. The number of rotatable bonds is 10. The number of H-pyrrole nitrogens is 1. The van der Waals surface area contributed by atoms with Crippen molar-refractivity contribution in [3.63, 3.8) is 0 Å². The molecule has 2 rings (SSSR count). The Hall–Kier alpha value is -2.48. The van der Waals surface area contributed by atoms with E-state index in [2.05, 4.69) is 15.3 Å². The normalized spacial score (nSPS) is 11.7. The third kappa shape index (κ3) is 4.82. The largest absolute Gasteiger partial charge is 0.493 e. The Morgan fingerprint density at radius 3 is 2.59 bits per heavy atom. The molecule has 1 atom stereocenters. The first-order valence-corrected chi connectivity index (χ1v) is 9.77. The zero-order valence-corrected chi connectivity index (χ0v) is 16.8. The van der Waals surface area contributed by atoms with Gasteiger partial charge in [-0.15, -0.1) is 0 Å². The van der Waals surface area contributed by atoms with Crippen LogP contribution in [0.3, 0.4) is 0 Å². The van der Waals surface area contributed by atoms with Crippen LogP contribution >= 0.6 is 11.8 Å². The van der Waals surface area contributed by atoms with Gasteiger partial charge in [0.25, 0.3) is 5.56 Å². The van der Waals surface area contributed by atoms with E-state index in [1.165, 1.54) is 11.8 Å². The molecular formula is C19H25N3O4S. The highest BCUT2D eigenvalue weighted by Gasteiger charge is 2.23. The van der Waals surface area contributed by atoms with Gasteiger partial charge in [-0.2, -0.15) is 0 Å². The minimum absolute atomic E-state index is 0.255. The third-order valence-electron chi connectivity index (χ3n) is 4.14. The second-order valence-electron chi connectivity index (χ2n) is 5.82. The second kappa shape index (κ2) is 10.0. The molecule has 2 aromatic rings. The molecule has 0 aliphatic carbocycles. The van der Waals surface area contributed by atoms with Crippen LogP contribution in [0.1, 0.15) is 43.7 Å². The quantitative estimate of drug-likeness (QED) is 0.366. The summed E-state index contributed by atoms with van der Waals surface area (Å²) in [7, 11) is 3.14. The van der Waals surface area contributed by atoms with Crippen molar-refractivity contribution in [1.82, 2.24) is 9.97 Å². The molecule has 27 heavy (non-hydrogen) atoms. The Kier molecular flexibility index (Phi) is 7.72. The summed E-state index contributed by atoms with van der Waals surface area (Å²) in [6.45, 7) is 4.03. The van der Waals surface area contributed by atoms with Crippen LogP contribution in [0.15, 0.2) is 28.2 Å². The number of anilines is 1. The molecular weight excluding hydrogens is 366 g/mol. The molecule has 0 radical (unpaired) electrons. The minimum Gasteiger partial charge on any atom is -0.493 e.